The van der Waals surface area contributed by atoms with Crippen LogP contribution in [0.1, 0.15) is 24.0 Å². The van der Waals surface area contributed by atoms with E-state index in [4.69, 9.17) is 15.3 Å². The zero-order chi connectivity index (χ0) is 24.2. The minimum Gasteiger partial charge on any atom is -0.481 e. The molecule has 1 atom stereocenters. The van der Waals surface area contributed by atoms with Gasteiger partial charge in [-0.2, -0.15) is 0 Å². The molecule has 8 heteroatoms. The molecule has 33 heavy (non-hydrogen) atoms. The summed E-state index contributed by atoms with van der Waals surface area (Å²) in [7, 11) is 0. The molecule has 2 aromatic carbocycles. The summed E-state index contributed by atoms with van der Waals surface area (Å²) < 4.78 is 1.68. The molecule has 0 aliphatic rings. The first-order chi connectivity index (χ1) is 15.9. The zero-order valence-electron chi connectivity index (χ0n) is 18.8. The zero-order valence-corrected chi connectivity index (χ0v) is 18.8. The fraction of sp³-hybridized carbons (Fsp3) is 0.360. The molecule has 3 rings (SSSR count). The fourth-order valence-electron chi connectivity index (χ4n) is 3.54. The maximum atomic E-state index is 12.6. The van der Waals surface area contributed by atoms with Gasteiger partial charge in [-0.25, -0.2) is 0 Å². The lowest BCUT2D eigenvalue weighted by Gasteiger charge is -2.17. The van der Waals surface area contributed by atoms with E-state index in [-0.39, 0.29) is 25.4 Å². The van der Waals surface area contributed by atoms with Gasteiger partial charge in [0.25, 0.3) is 5.56 Å². The number of hydrogen-bond acceptors (Lipinski definition) is 6. The first kappa shape index (κ1) is 26.2. The van der Waals surface area contributed by atoms with Gasteiger partial charge in [0, 0.05) is 31.1 Å². The molecule has 4 N–H and O–H groups in total. The number of aromatic nitrogens is 1. The van der Waals surface area contributed by atoms with Crippen molar-refractivity contribution in [2.75, 3.05) is 39.5 Å². The van der Waals surface area contributed by atoms with Gasteiger partial charge < -0.3 is 25.0 Å². The summed E-state index contributed by atoms with van der Waals surface area (Å²) in [6.07, 6.45) is 0. The highest BCUT2D eigenvalue weighted by molar-refractivity contribution is 5.88. The van der Waals surface area contributed by atoms with Crippen molar-refractivity contribution in [1.29, 1.82) is 0 Å². The van der Waals surface area contributed by atoms with Crippen LogP contribution < -0.4 is 5.56 Å². The number of aliphatic hydroxyl groups excluding tert-OH is 3. The van der Waals surface area contributed by atoms with Crippen molar-refractivity contribution >= 4 is 16.9 Å². The molecule has 1 unspecified atom stereocenters. The summed E-state index contributed by atoms with van der Waals surface area (Å²) in [4.78, 5) is 25.7. The van der Waals surface area contributed by atoms with Gasteiger partial charge in [0.1, 0.15) is 0 Å². The predicted octanol–water partition coefficient (Wildman–Crippen LogP) is 1.50. The molecular weight excluding hydrogens is 424 g/mol. The molecule has 0 aliphatic carbocycles. The highest BCUT2D eigenvalue weighted by atomic mass is 16.4. The van der Waals surface area contributed by atoms with Crippen molar-refractivity contribution in [2.45, 2.75) is 19.4 Å². The summed E-state index contributed by atoms with van der Waals surface area (Å²) in [6.45, 7) is 3.82. The molecule has 0 saturated heterocycles. The van der Waals surface area contributed by atoms with Crippen LogP contribution in [0.4, 0.5) is 0 Å². The van der Waals surface area contributed by atoms with E-state index < -0.39 is 11.9 Å². The molecule has 0 aliphatic heterocycles. The number of carboxylic acid groups (broad SMARTS) is 1. The largest absolute Gasteiger partial charge is 0.481 e. The lowest BCUT2D eigenvalue weighted by molar-refractivity contribution is -0.138. The Bertz CT molecular complexity index is 1050. The molecule has 0 radical (unpaired) electrons. The van der Waals surface area contributed by atoms with E-state index in [1.54, 1.807) is 16.4 Å². The van der Waals surface area contributed by atoms with Gasteiger partial charge in [-0.15, -0.1) is 0 Å². The van der Waals surface area contributed by atoms with Gasteiger partial charge in [0.15, 0.2) is 0 Å². The lowest BCUT2D eigenvalue weighted by Crippen LogP contribution is -2.32. The third kappa shape index (κ3) is 7.50. The average Bonchev–Trinajstić information content (AvgIpc) is 2.82. The lowest BCUT2D eigenvalue weighted by atomic mass is 9.97. The van der Waals surface area contributed by atoms with Crippen molar-refractivity contribution in [2.24, 2.45) is 0 Å². The average molecular weight is 457 g/mol. The Labute approximate surface area is 193 Å². The third-order valence-corrected chi connectivity index (χ3v) is 5.32. The van der Waals surface area contributed by atoms with Crippen LogP contribution in [-0.2, 0) is 11.3 Å². The van der Waals surface area contributed by atoms with Gasteiger partial charge in [-0.3, -0.25) is 14.5 Å². The molecule has 0 amide bonds. The fourth-order valence-corrected chi connectivity index (χ4v) is 3.54. The van der Waals surface area contributed by atoms with Crippen LogP contribution >= 0.6 is 0 Å². The molecule has 178 valence electrons. The van der Waals surface area contributed by atoms with Crippen LogP contribution in [0.2, 0.25) is 0 Å². The van der Waals surface area contributed by atoms with Crippen LogP contribution in [0.5, 0.6) is 0 Å². The van der Waals surface area contributed by atoms with Gasteiger partial charge in [-0.05, 0) is 24.1 Å². The number of carbonyl (C=O) groups is 1. The standard InChI is InChI=1S/C19H17NO3.C6H15NO3/c1-13(19(22)23)16-11-18(21)20(12-14-7-3-2-4-8-14)17-10-6-5-9-15(16)17;8-4-1-7(2-5-9)3-6-10/h2-11,13H,12H2,1H3,(H,22,23);8-10H,1-6H2. The summed E-state index contributed by atoms with van der Waals surface area (Å²) in [5.74, 6) is -1.66. The van der Waals surface area contributed by atoms with E-state index in [1.807, 2.05) is 54.6 Å². The van der Waals surface area contributed by atoms with E-state index in [1.165, 1.54) is 6.07 Å². The number of benzene rings is 2. The van der Waals surface area contributed by atoms with Crippen molar-refractivity contribution in [3.8, 4) is 0 Å². The second-order valence-corrected chi connectivity index (χ2v) is 7.60. The van der Waals surface area contributed by atoms with E-state index in [2.05, 4.69) is 0 Å². The number of pyridine rings is 1. The van der Waals surface area contributed by atoms with Gasteiger partial charge in [0.2, 0.25) is 0 Å². The van der Waals surface area contributed by atoms with Crippen LogP contribution in [0, 0.1) is 0 Å². The molecular formula is C25H32N2O6. The van der Waals surface area contributed by atoms with Crippen LogP contribution in [-0.4, -0.2) is 75.3 Å². The Balaban J connectivity index is 0.000000328. The van der Waals surface area contributed by atoms with E-state index in [0.29, 0.717) is 31.7 Å². The topological polar surface area (TPSA) is 123 Å². The van der Waals surface area contributed by atoms with E-state index in [0.717, 1.165) is 16.5 Å². The number of hydrogen-bond donors (Lipinski definition) is 4. The number of fused-ring (bicyclic) bond motifs is 1. The predicted molar refractivity (Wildman–Crippen MR) is 128 cm³/mol. The van der Waals surface area contributed by atoms with E-state index in [9.17, 15) is 14.7 Å². The molecule has 3 aromatic rings. The van der Waals surface area contributed by atoms with Crippen molar-refractivity contribution in [1.82, 2.24) is 9.47 Å². The minimum atomic E-state index is -0.935. The summed E-state index contributed by atoms with van der Waals surface area (Å²) in [5, 5.41) is 35.5. The molecule has 0 bridgehead atoms. The van der Waals surface area contributed by atoms with Crippen molar-refractivity contribution in [3.63, 3.8) is 0 Å². The van der Waals surface area contributed by atoms with Gasteiger partial charge >= 0.3 is 5.97 Å². The highest BCUT2D eigenvalue weighted by Crippen LogP contribution is 2.24. The number of rotatable bonds is 10. The SMILES string of the molecule is CC(C(=O)O)c1cc(=O)n(Cc2ccccc2)c2ccccc12.OCCN(CCO)CCO. The van der Waals surface area contributed by atoms with E-state index >= 15 is 0 Å². The summed E-state index contributed by atoms with van der Waals surface area (Å²) >= 11 is 0. The first-order valence-electron chi connectivity index (χ1n) is 10.9. The summed E-state index contributed by atoms with van der Waals surface area (Å²) in [6, 6.07) is 18.6. The molecule has 1 aromatic heterocycles. The highest BCUT2D eigenvalue weighted by Gasteiger charge is 2.19. The maximum absolute atomic E-state index is 12.6. The van der Waals surface area contributed by atoms with Crippen LogP contribution in [0.25, 0.3) is 10.9 Å². The Morgan fingerprint density at radius 1 is 0.909 bits per heavy atom. The Morgan fingerprint density at radius 2 is 1.45 bits per heavy atom. The van der Waals surface area contributed by atoms with Gasteiger partial charge in [0.05, 0.1) is 37.8 Å². The molecule has 8 nitrogen and oxygen atoms in total. The Morgan fingerprint density at radius 3 is 2.00 bits per heavy atom. The van der Waals surface area contributed by atoms with Crippen molar-refractivity contribution < 1.29 is 25.2 Å². The van der Waals surface area contributed by atoms with Gasteiger partial charge in [-0.1, -0.05) is 48.5 Å². The normalized spacial score (nSPS) is 11.8. The third-order valence-electron chi connectivity index (χ3n) is 5.32. The second-order valence-electron chi connectivity index (χ2n) is 7.60. The second kappa shape index (κ2) is 13.5. The van der Waals surface area contributed by atoms with Crippen LogP contribution in [0.15, 0.2) is 65.5 Å². The minimum absolute atomic E-state index is 0.0694. The number of para-hydroxylation sites is 1. The van der Waals surface area contributed by atoms with Crippen LogP contribution in [0.3, 0.4) is 0 Å². The molecule has 1 heterocycles. The maximum Gasteiger partial charge on any atom is 0.310 e. The first-order valence-corrected chi connectivity index (χ1v) is 10.9. The summed E-state index contributed by atoms with van der Waals surface area (Å²) in [5.41, 5.74) is 2.16. The molecule has 0 fully saturated rings. The Hall–Kier alpha value is -3.04. The van der Waals surface area contributed by atoms with Crippen molar-refractivity contribution in [3.05, 3.63) is 82.1 Å². The smallest absolute Gasteiger partial charge is 0.310 e. The molecule has 0 spiro atoms. The number of nitrogens with zero attached hydrogens (tertiary/aromatic N) is 2. The quantitative estimate of drug-likeness (QED) is 0.365. The number of carboxylic acids is 1. The molecule has 0 saturated carbocycles. The number of aliphatic carboxylic acids is 1. The monoisotopic (exact) mass is 456 g/mol. The Kier molecular flexibility index (Phi) is 10.7. The number of aliphatic hydroxyl groups is 3.